The van der Waals surface area contributed by atoms with Crippen molar-refractivity contribution >= 4 is 11.7 Å². The largest absolute Gasteiger partial charge is 0.495 e. The molecule has 0 aliphatic carbocycles. The van der Waals surface area contributed by atoms with Crippen LogP contribution in [0.25, 0.3) is 0 Å². The minimum Gasteiger partial charge on any atom is -0.495 e. The van der Waals surface area contributed by atoms with Crippen LogP contribution in [0.2, 0.25) is 0 Å². The standard InChI is InChI=1S/C12H13NO3/c1-4-5-8-6-9(12(14)16-3)7-10(15-2)11(8)13/h6-7H,13H2,1-3H3. The van der Waals surface area contributed by atoms with Gasteiger partial charge in [-0.2, -0.15) is 0 Å². The Balaban J connectivity index is 3.37. The first-order chi connectivity index (χ1) is 7.63. The zero-order valence-corrected chi connectivity index (χ0v) is 9.46. The molecule has 0 amide bonds. The Morgan fingerprint density at radius 2 is 2.06 bits per heavy atom. The highest BCUT2D eigenvalue weighted by Gasteiger charge is 2.12. The topological polar surface area (TPSA) is 61.5 Å². The molecule has 4 nitrogen and oxygen atoms in total. The predicted octanol–water partition coefficient (Wildman–Crippen LogP) is 1.44. The molecule has 0 unspecified atom stereocenters. The van der Waals surface area contributed by atoms with Crippen LogP contribution in [0.3, 0.4) is 0 Å². The van der Waals surface area contributed by atoms with Gasteiger partial charge in [-0.3, -0.25) is 0 Å². The minimum absolute atomic E-state index is 0.367. The highest BCUT2D eigenvalue weighted by atomic mass is 16.5. The number of esters is 1. The van der Waals surface area contributed by atoms with E-state index in [2.05, 4.69) is 16.6 Å². The fourth-order valence-corrected chi connectivity index (χ4v) is 1.27. The summed E-state index contributed by atoms with van der Waals surface area (Å²) in [7, 11) is 2.80. The van der Waals surface area contributed by atoms with E-state index >= 15 is 0 Å². The highest BCUT2D eigenvalue weighted by molar-refractivity contribution is 5.91. The van der Waals surface area contributed by atoms with Crippen LogP contribution in [0.4, 0.5) is 5.69 Å². The highest BCUT2D eigenvalue weighted by Crippen LogP contribution is 2.27. The monoisotopic (exact) mass is 219 g/mol. The van der Waals surface area contributed by atoms with Gasteiger partial charge in [0, 0.05) is 0 Å². The summed E-state index contributed by atoms with van der Waals surface area (Å²) in [6.45, 7) is 1.69. The van der Waals surface area contributed by atoms with Gasteiger partial charge in [-0.15, -0.1) is 5.92 Å². The summed E-state index contributed by atoms with van der Waals surface area (Å²) in [4.78, 5) is 11.4. The van der Waals surface area contributed by atoms with E-state index in [9.17, 15) is 4.79 Å². The van der Waals surface area contributed by atoms with E-state index in [1.54, 1.807) is 13.0 Å². The number of rotatable bonds is 2. The maximum Gasteiger partial charge on any atom is 0.338 e. The number of ether oxygens (including phenoxy) is 2. The molecule has 0 aromatic heterocycles. The van der Waals surface area contributed by atoms with Gasteiger partial charge in [0.1, 0.15) is 5.75 Å². The summed E-state index contributed by atoms with van der Waals surface area (Å²) in [5, 5.41) is 0. The van der Waals surface area contributed by atoms with E-state index in [4.69, 9.17) is 10.5 Å². The molecule has 4 heteroatoms. The molecule has 0 saturated heterocycles. The van der Waals surface area contributed by atoms with Gasteiger partial charge in [-0.1, -0.05) is 5.92 Å². The maximum atomic E-state index is 11.4. The van der Waals surface area contributed by atoms with E-state index in [0.29, 0.717) is 22.6 Å². The normalized spacial score (nSPS) is 8.94. The molecule has 0 saturated carbocycles. The Morgan fingerprint density at radius 1 is 1.38 bits per heavy atom. The van der Waals surface area contributed by atoms with Gasteiger partial charge in [0.2, 0.25) is 0 Å². The first-order valence-corrected chi connectivity index (χ1v) is 4.62. The van der Waals surface area contributed by atoms with Crippen LogP contribution < -0.4 is 10.5 Å². The van der Waals surface area contributed by atoms with E-state index in [0.717, 1.165) is 0 Å². The molecule has 1 aromatic carbocycles. The summed E-state index contributed by atoms with van der Waals surface area (Å²) in [6, 6.07) is 3.11. The molecule has 84 valence electrons. The summed E-state index contributed by atoms with van der Waals surface area (Å²) >= 11 is 0. The molecule has 0 bridgehead atoms. The van der Waals surface area contributed by atoms with E-state index in [-0.39, 0.29) is 0 Å². The lowest BCUT2D eigenvalue weighted by Gasteiger charge is -2.08. The van der Waals surface area contributed by atoms with Crippen molar-refractivity contribution in [3.63, 3.8) is 0 Å². The van der Waals surface area contributed by atoms with Gasteiger partial charge in [0.15, 0.2) is 0 Å². The van der Waals surface area contributed by atoms with Gasteiger partial charge in [0.05, 0.1) is 31.0 Å². The zero-order chi connectivity index (χ0) is 12.1. The van der Waals surface area contributed by atoms with Gasteiger partial charge >= 0.3 is 5.97 Å². The van der Waals surface area contributed by atoms with Crippen molar-refractivity contribution in [3.8, 4) is 17.6 Å². The van der Waals surface area contributed by atoms with Crippen molar-refractivity contribution < 1.29 is 14.3 Å². The Kier molecular flexibility index (Phi) is 3.78. The molecule has 1 rings (SSSR count). The summed E-state index contributed by atoms with van der Waals surface area (Å²) < 4.78 is 9.69. The lowest BCUT2D eigenvalue weighted by Crippen LogP contribution is -2.04. The number of carbonyl (C=O) groups excluding carboxylic acids is 1. The SMILES string of the molecule is CC#Cc1cc(C(=O)OC)cc(OC)c1N. The van der Waals surface area contributed by atoms with Crippen molar-refractivity contribution in [2.24, 2.45) is 0 Å². The second-order valence-corrected chi connectivity index (χ2v) is 3.01. The average Bonchev–Trinajstić information content (AvgIpc) is 2.31. The van der Waals surface area contributed by atoms with Crippen LogP contribution >= 0.6 is 0 Å². The van der Waals surface area contributed by atoms with Gasteiger partial charge in [-0.05, 0) is 19.1 Å². The van der Waals surface area contributed by atoms with Gasteiger partial charge in [-0.25, -0.2) is 4.79 Å². The van der Waals surface area contributed by atoms with E-state index < -0.39 is 5.97 Å². The molecular formula is C12H13NO3. The van der Waals surface area contributed by atoms with Crippen molar-refractivity contribution in [1.29, 1.82) is 0 Å². The van der Waals surface area contributed by atoms with Crippen LogP contribution in [0, 0.1) is 11.8 Å². The first kappa shape index (κ1) is 11.9. The third-order valence-corrected chi connectivity index (χ3v) is 2.04. The van der Waals surface area contributed by atoms with Crippen molar-refractivity contribution in [2.45, 2.75) is 6.92 Å². The lowest BCUT2D eigenvalue weighted by atomic mass is 10.1. The second kappa shape index (κ2) is 5.08. The molecule has 0 heterocycles. The molecule has 0 atom stereocenters. The third kappa shape index (κ3) is 2.26. The van der Waals surface area contributed by atoms with Crippen LogP contribution in [0.1, 0.15) is 22.8 Å². The second-order valence-electron chi connectivity index (χ2n) is 3.01. The number of methoxy groups -OCH3 is 2. The lowest BCUT2D eigenvalue weighted by molar-refractivity contribution is 0.0600. The fourth-order valence-electron chi connectivity index (χ4n) is 1.27. The number of anilines is 1. The average molecular weight is 219 g/mol. The van der Waals surface area contributed by atoms with Gasteiger partial charge in [0.25, 0.3) is 0 Å². The maximum absolute atomic E-state index is 11.4. The molecule has 0 aliphatic rings. The summed E-state index contributed by atoms with van der Waals surface area (Å²) in [5.41, 5.74) is 7.16. The Hall–Kier alpha value is -2.15. The summed E-state index contributed by atoms with van der Waals surface area (Å²) in [6.07, 6.45) is 0. The molecule has 0 aliphatic heterocycles. The molecule has 0 spiro atoms. The quantitative estimate of drug-likeness (QED) is 0.464. The van der Waals surface area contributed by atoms with Gasteiger partial charge < -0.3 is 15.2 Å². The Bertz CT molecular complexity index is 469. The predicted molar refractivity (Wildman–Crippen MR) is 61.3 cm³/mol. The number of carbonyl (C=O) groups is 1. The van der Waals surface area contributed by atoms with Crippen molar-refractivity contribution in [3.05, 3.63) is 23.3 Å². The van der Waals surface area contributed by atoms with E-state index in [1.165, 1.54) is 20.3 Å². The molecule has 2 N–H and O–H groups in total. The van der Waals surface area contributed by atoms with Crippen molar-refractivity contribution in [2.75, 3.05) is 20.0 Å². The molecule has 16 heavy (non-hydrogen) atoms. The molecule has 0 fully saturated rings. The Labute approximate surface area is 94.3 Å². The number of nitrogens with two attached hydrogens (primary N) is 1. The Morgan fingerprint density at radius 3 is 2.56 bits per heavy atom. The van der Waals surface area contributed by atoms with Crippen LogP contribution in [-0.2, 0) is 4.74 Å². The molecule has 1 aromatic rings. The summed E-state index contributed by atoms with van der Waals surface area (Å²) in [5.74, 6) is 5.50. The zero-order valence-electron chi connectivity index (χ0n) is 9.46. The third-order valence-electron chi connectivity index (χ3n) is 2.04. The van der Waals surface area contributed by atoms with Crippen LogP contribution in [-0.4, -0.2) is 20.2 Å². The minimum atomic E-state index is -0.447. The van der Waals surface area contributed by atoms with E-state index in [1.807, 2.05) is 0 Å². The number of nitrogen functional groups attached to an aromatic ring is 1. The number of hydrogen-bond donors (Lipinski definition) is 1. The first-order valence-electron chi connectivity index (χ1n) is 4.62. The molecular weight excluding hydrogens is 206 g/mol. The fraction of sp³-hybridized carbons (Fsp3) is 0.250. The smallest absolute Gasteiger partial charge is 0.338 e. The van der Waals surface area contributed by atoms with Crippen molar-refractivity contribution in [1.82, 2.24) is 0 Å². The number of benzene rings is 1. The van der Waals surface area contributed by atoms with Crippen LogP contribution in [0.5, 0.6) is 5.75 Å². The van der Waals surface area contributed by atoms with Crippen LogP contribution in [0.15, 0.2) is 12.1 Å². The number of hydrogen-bond acceptors (Lipinski definition) is 4. The molecule has 0 radical (unpaired) electrons.